The van der Waals surface area contributed by atoms with Crippen molar-refractivity contribution in [3.63, 3.8) is 0 Å². The molecule has 1 aromatic heterocycles. The van der Waals surface area contributed by atoms with Gasteiger partial charge in [-0.05, 0) is 33.4 Å². The number of aliphatic hydroxyl groups excluding tert-OH is 1. The summed E-state index contributed by atoms with van der Waals surface area (Å²) < 4.78 is 2.06. The quantitative estimate of drug-likeness (QED) is 0.794. The lowest BCUT2D eigenvalue weighted by Gasteiger charge is -2.29. The number of hydrogen-bond donors (Lipinski definition) is 2. The average Bonchev–Trinajstić information content (AvgIpc) is 2.97. The van der Waals surface area contributed by atoms with E-state index in [2.05, 4.69) is 26.8 Å². The predicted molar refractivity (Wildman–Crippen MR) is 71.2 cm³/mol. The molecule has 2 atom stereocenters. The van der Waals surface area contributed by atoms with Gasteiger partial charge >= 0.3 is 0 Å². The van der Waals surface area contributed by atoms with Gasteiger partial charge in [0.1, 0.15) is 5.82 Å². The van der Waals surface area contributed by atoms with Crippen molar-refractivity contribution in [2.24, 2.45) is 7.05 Å². The Labute approximate surface area is 109 Å². The molecule has 5 heteroatoms. The second kappa shape index (κ2) is 5.38. The van der Waals surface area contributed by atoms with Crippen molar-refractivity contribution in [3.05, 3.63) is 18.2 Å². The Morgan fingerprint density at radius 1 is 1.67 bits per heavy atom. The maximum Gasteiger partial charge on any atom is 0.122 e. The van der Waals surface area contributed by atoms with E-state index in [1.807, 2.05) is 26.5 Å². The molecule has 2 unspecified atom stereocenters. The Kier molecular flexibility index (Phi) is 4.04. The van der Waals surface area contributed by atoms with E-state index in [4.69, 9.17) is 0 Å². The van der Waals surface area contributed by atoms with Crippen LogP contribution in [0.4, 0.5) is 0 Å². The molecule has 102 valence electrons. The number of imidazole rings is 1. The average molecular weight is 252 g/mol. The molecule has 5 nitrogen and oxygen atoms in total. The highest BCUT2D eigenvalue weighted by Crippen LogP contribution is 2.32. The molecule has 0 bridgehead atoms. The first-order valence-corrected chi connectivity index (χ1v) is 6.56. The highest BCUT2D eigenvalue weighted by molar-refractivity contribution is 4.99. The van der Waals surface area contributed by atoms with Crippen LogP contribution in [0.5, 0.6) is 0 Å². The first-order chi connectivity index (χ1) is 8.60. The lowest BCUT2D eigenvalue weighted by Crippen LogP contribution is -2.45. The maximum absolute atomic E-state index is 9.52. The molecule has 0 saturated heterocycles. The smallest absolute Gasteiger partial charge is 0.122 e. The summed E-state index contributed by atoms with van der Waals surface area (Å²) in [6.07, 6.45) is 6.98. The van der Waals surface area contributed by atoms with E-state index >= 15 is 0 Å². The summed E-state index contributed by atoms with van der Waals surface area (Å²) in [5.74, 6) is 1.09. The van der Waals surface area contributed by atoms with E-state index in [1.165, 1.54) is 0 Å². The highest BCUT2D eigenvalue weighted by Gasteiger charge is 2.38. The Hall–Kier alpha value is -0.910. The first-order valence-electron chi connectivity index (χ1n) is 6.56. The zero-order chi connectivity index (χ0) is 13.2. The Balaban J connectivity index is 1.95. The fourth-order valence-electron chi connectivity index (χ4n) is 2.83. The highest BCUT2D eigenvalue weighted by atomic mass is 16.3. The fourth-order valence-corrected chi connectivity index (χ4v) is 2.83. The molecule has 0 spiro atoms. The summed E-state index contributed by atoms with van der Waals surface area (Å²) in [6.45, 7) is 1.08. The normalized spacial score (nSPS) is 28.2. The number of nitrogens with zero attached hydrogens (tertiary/aromatic N) is 3. The Bertz CT molecular complexity index is 386. The molecule has 18 heavy (non-hydrogen) atoms. The van der Waals surface area contributed by atoms with Crippen molar-refractivity contribution in [3.8, 4) is 0 Å². The standard InChI is InChI=1S/C13H24N4O/c1-14-13(10-18)5-4-11(8-13)17(3)9-12-15-6-7-16(12)2/h6-7,11,14,18H,4-5,8-10H2,1-3H3. The third-order valence-electron chi connectivity index (χ3n) is 4.35. The van der Waals surface area contributed by atoms with Crippen molar-refractivity contribution in [2.45, 2.75) is 37.4 Å². The third kappa shape index (κ3) is 2.58. The van der Waals surface area contributed by atoms with E-state index in [0.29, 0.717) is 6.04 Å². The van der Waals surface area contributed by atoms with Crippen LogP contribution in [0.25, 0.3) is 0 Å². The number of aryl methyl sites for hydroxylation is 1. The number of likely N-dealkylation sites (N-methyl/N-ethyl adjacent to an activating group) is 1. The third-order valence-corrected chi connectivity index (χ3v) is 4.35. The molecule has 0 amide bonds. The van der Waals surface area contributed by atoms with Crippen LogP contribution >= 0.6 is 0 Å². The second-order valence-corrected chi connectivity index (χ2v) is 5.45. The first kappa shape index (κ1) is 13.5. The fraction of sp³-hybridized carbons (Fsp3) is 0.769. The molecule has 1 heterocycles. The van der Waals surface area contributed by atoms with Crippen LogP contribution in [0.1, 0.15) is 25.1 Å². The van der Waals surface area contributed by atoms with Crippen molar-refractivity contribution in [2.75, 3.05) is 20.7 Å². The van der Waals surface area contributed by atoms with Crippen LogP contribution in [-0.2, 0) is 13.6 Å². The molecule has 1 aromatic rings. The van der Waals surface area contributed by atoms with Gasteiger partial charge in [-0.2, -0.15) is 0 Å². The lowest BCUT2D eigenvalue weighted by molar-refractivity contribution is 0.155. The van der Waals surface area contributed by atoms with Gasteiger partial charge in [0.05, 0.1) is 13.2 Å². The van der Waals surface area contributed by atoms with Gasteiger partial charge in [0, 0.05) is 31.0 Å². The molecule has 1 aliphatic rings. The van der Waals surface area contributed by atoms with Gasteiger partial charge in [0.15, 0.2) is 0 Å². The lowest BCUT2D eigenvalue weighted by atomic mass is 9.99. The van der Waals surface area contributed by atoms with E-state index in [1.54, 1.807) is 0 Å². The zero-order valence-electron chi connectivity index (χ0n) is 11.6. The van der Waals surface area contributed by atoms with E-state index < -0.39 is 0 Å². The van der Waals surface area contributed by atoms with Crippen LogP contribution in [-0.4, -0.2) is 51.8 Å². The van der Waals surface area contributed by atoms with Crippen molar-refractivity contribution >= 4 is 0 Å². The number of hydrogen-bond acceptors (Lipinski definition) is 4. The van der Waals surface area contributed by atoms with Crippen LogP contribution in [0.3, 0.4) is 0 Å². The van der Waals surface area contributed by atoms with Crippen molar-refractivity contribution in [1.82, 2.24) is 19.8 Å². The minimum Gasteiger partial charge on any atom is -0.394 e. The Morgan fingerprint density at radius 2 is 2.44 bits per heavy atom. The SMILES string of the molecule is CNC1(CO)CCC(N(C)Cc2nccn2C)C1. The molecule has 1 saturated carbocycles. The zero-order valence-corrected chi connectivity index (χ0v) is 11.6. The number of aromatic nitrogens is 2. The molecule has 0 aromatic carbocycles. The minimum absolute atomic E-state index is 0.0828. The van der Waals surface area contributed by atoms with Crippen LogP contribution in [0, 0.1) is 0 Å². The molecular formula is C13H24N4O. The largest absolute Gasteiger partial charge is 0.394 e. The molecular weight excluding hydrogens is 228 g/mol. The second-order valence-electron chi connectivity index (χ2n) is 5.45. The van der Waals surface area contributed by atoms with Crippen LogP contribution in [0.2, 0.25) is 0 Å². The molecule has 1 fully saturated rings. The summed E-state index contributed by atoms with van der Waals surface area (Å²) >= 11 is 0. The van der Waals surface area contributed by atoms with Crippen molar-refractivity contribution < 1.29 is 5.11 Å². The summed E-state index contributed by atoms with van der Waals surface area (Å²) in [5.41, 5.74) is -0.0828. The van der Waals surface area contributed by atoms with Gasteiger partial charge in [-0.25, -0.2) is 4.98 Å². The molecule has 2 N–H and O–H groups in total. The molecule has 0 radical (unpaired) electrons. The van der Waals surface area contributed by atoms with E-state index in [0.717, 1.165) is 31.6 Å². The van der Waals surface area contributed by atoms with Gasteiger partial charge in [0.25, 0.3) is 0 Å². The maximum atomic E-state index is 9.52. The summed E-state index contributed by atoms with van der Waals surface area (Å²) in [6, 6.07) is 0.515. The van der Waals surface area contributed by atoms with Crippen LogP contribution < -0.4 is 5.32 Å². The number of aliphatic hydroxyl groups is 1. The molecule has 1 aliphatic carbocycles. The number of nitrogens with one attached hydrogen (secondary N) is 1. The Morgan fingerprint density at radius 3 is 2.94 bits per heavy atom. The van der Waals surface area contributed by atoms with E-state index in [9.17, 15) is 5.11 Å². The number of rotatable bonds is 5. The monoisotopic (exact) mass is 252 g/mol. The minimum atomic E-state index is -0.0828. The van der Waals surface area contributed by atoms with Crippen molar-refractivity contribution in [1.29, 1.82) is 0 Å². The summed E-state index contributed by atoms with van der Waals surface area (Å²) in [5, 5.41) is 12.8. The predicted octanol–water partition coefficient (Wildman–Crippen LogP) is 0.355. The van der Waals surface area contributed by atoms with Gasteiger partial charge in [0.2, 0.25) is 0 Å². The summed E-state index contributed by atoms with van der Waals surface area (Å²) in [4.78, 5) is 6.70. The topological polar surface area (TPSA) is 53.3 Å². The van der Waals surface area contributed by atoms with E-state index in [-0.39, 0.29) is 12.1 Å². The van der Waals surface area contributed by atoms with Gasteiger partial charge in [-0.3, -0.25) is 4.90 Å². The van der Waals surface area contributed by atoms with Gasteiger partial charge in [-0.1, -0.05) is 0 Å². The van der Waals surface area contributed by atoms with Gasteiger partial charge in [-0.15, -0.1) is 0 Å². The van der Waals surface area contributed by atoms with Crippen LogP contribution in [0.15, 0.2) is 12.4 Å². The van der Waals surface area contributed by atoms with Gasteiger partial charge < -0.3 is 15.0 Å². The molecule has 2 rings (SSSR count). The molecule has 0 aliphatic heterocycles. The summed E-state index contributed by atoms with van der Waals surface area (Å²) in [7, 11) is 6.11.